The molecule has 39 heavy (non-hydrogen) atoms. The number of ketones is 1. The summed E-state index contributed by atoms with van der Waals surface area (Å²) in [6, 6.07) is 16.2. The fraction of sp³-hybridized carbons (Fsp3) is 0.367. The van der Waals surface area contributed by atoms with E-state index >= 15 is 0 Å². The molecular weight excluding hydrogens is 496 g/mol. The number of aromatic nitrogens is 2. The maximum atomic E-state index is 13.5. The first-order valence-corrected chi connectivity index (χ1v) is 13.4. The zero-order chi connectivity index (χ0) is 27.4. The fourth-order valence-electron chi connectivity index (χ4n) is 5.30. The number of carbonyl (C=O) groups excluding carboxylic acids is 2. The smallest absolute Gasteiger partial charge is 0.295 e. The van der Waals surface area contributed by atoms with Crippen LogP contribution >= 0.6 is 0 Å². The monoisotopic (exact) mass is 530 g/mol. The number of nitrogens with zero attached hydrogens (tertiary/aromatic N) is 4. The van der Waals surface area contributed by atoms with Crippen LogP contribution < -0.4 is 4.74 Å². The van der Waals surface area contributed by atoms with Gasteiger partial charge in [-0.3, -0.25) is 14.5 Å². The van der Waals surface area contributed by atoms with E-state index in [4.69, 9.17) is 9.47 Å². The topological polar surface area (TPSA) is 97.1 Å². The minimum atomic E-state index is -0.741. The third-order valence-electron chi connectivity index (χ3n) is 7.27. The van der Waals surface area contributed by atoms with Gasteiger partial charge in [0.1, 0.15) is 11.5 Å². The highest BCUT2D eigenvalue weighted by Crippen LogP contribution is 2.41. The SMILES string of the molecule is CCOc1cccc(C2C(=C(O)c3cnn(-c4ccccc4)c3C)C(=O)C(=O)N2CCCN2CCOCC2)c1. The van der Waals surface area contributed by atoms with Gasteiger partial charge in [0.2, 0.25) is 0 Å². The normalized spacial score (nSPS) is 19.5. The molecule has 5 rings (SSSR count). The lowest BCUT2D eigenvalue weighted by atomic mass is 9.95. The van der Waals surface area contributed by atoms with E-state index in [9.17, 15) is 14.7 Å². The van der Waals surface area contributed by atoms with Crippen molar-refractivity contribution < 1.29 is 24.2 Å². The van der Waals surface area contributed by atoms with Gasteiger partial charge in [0.15, 0.2) is 0 Å². The number of aliphatic hydroxyl groups excluding tert-OH is 1. The molecule has 1 N–H and O–H groups in total. The summed E-state index contributed by atoms with van der Waals surface area (Å²) in [4.78, 5) is 30.7. The molecule has 1 aromatic heterocycles. The Balaban J connectivity index is 1.52. The van der Waals surface area contributed by atoms with Gasteiger partial charge in [0.25, 0.3) is 11.7 Å². The van der Waals surface area contributed by atoms with E-state index in [1.165, 1.54) is 6.20 Å². The van der Waals surface area contributed by atoms with Crippen LogP contribution in [0, 0.1) is 6.92 Å². The molecule has 204 valence electrons. The number of para-hydroxylation sites is 1. The maximum Gasteiger partial charge on any atom is 0.295 e. The molecule has 0 radical (unpaired) electrons. The van der Waals surface area contributed by atoms with Crippen molar-refractivity contribution >= 4 is 17.4 Å². The molecule has 2 fully saturated rings. The first kappa shape index (κ1) is 26.6. The van der Waals surface area contributed by atoms with Crippen molar-refractivity contribution in [3.63, 3.8) is 0 Å². The van der Waals surface area contributed by atoms with Gasteiger partial charge in [0.05, 0.1) is 54.6 Å². The molecule has 2 aliphatic heterocycles. The van der Waals surface area contributed by atoms with E-state index in [0.717, 1.165) is 25.3 Å². The molecule has 2 aromatic carbocycles. The van der Waals surface area contributed by atoms with Gasteiger partial charge in [-0.15, -0.1) is 0 Å². The number of amides is 1. The van der Waals surface area contributed by atoms with Crippen molar-refractivity contribution in [1.82, 2.24) is 19.6 Å². The average molecular weight is 531 g/mol. The van der Waals surface area contributed by atoms with Crippen LogP contribution in [0.25, 0.3) is 11.4 Å². The number of hydrogen-bond acceptors (Lipinski definition) is 7. The molecule has 1 amide bonds. The van der Waals surface area contributed by atoms with Crippen molar-refractivity contribution in [2.75, 3.05) is 46.0 Å². The van der Waals surface area contributed by atoms with Crippen LogP contribution in [0.1, 0.15) is 36.2 Å². The summed E-state index contributed by atoms with van der Waals surface area (Å²) < 4.78 is 12.9. The molecule has 0 saturated carbocycles. The van der Waals surface area contributed by atoms with Gasteiger partial charge in [-0.1, -0.05) is 30.3 Å². The minimum absolute atomic E-state index is 0.0655. The quantitative estimate of drug-likeness (QED) is 0.256. The standard InChI is InChI=1S/C30H34N4O5/c1-3-39-24-12-7-9-22(19-24)27-26(28(35)25-20-31-34(21(25)2)23-10-5-4-6-11-23)29(36)30(37)33(27)14-8-13-32-15-17-38-18-16-32/h4-7,9-12,19-20,27,35H,3,8,13-18H2,1-2H3. The Morgan fingerprint density at radius 1 is 1.08 bits per heavy atom. The summed E-state index contributed by atoms with van der Waals surface area (Å²) in [5.74, 6) is -0.895. The third kappa shape index (κ3) is 5.46. The van der Waals surface area contributed by atoms with Gasteiger partial charge >= 0.3 is 0 Å². The zero-order valence-corrected chi connectivity index (χ0v) is 22.4. The predicted octanol–water partition coefficient (Wildman–Crippen LogP) is 3.72. The lowest BCUT2D eigenvalue weighted by Crippen LogP contribution is -2.38. The molecule has 2 aliphatic rings. The summed E-state index contributed by atoms with van der Waals surface area (Å²) in [7, 11) is 0. The Morgan fingerprint density at radius 2 is 1.85 bits per heavy atom. The Bertz CT molecular complexity index is 1360. The van der Waals surface area contributed by atoms with E-state index in [0.29, 0.717) is 55.4 Å². The minimum Gasteiger partial charge on any atom is -0.507 e. The van der Waals surface area contributed by atoms with E-state index in [-0.39, 0.29) is 11.3 Å². The Kier molecular flexibility index (Phi) is 8.09. The van der Waals surface area contributed by atoms with E-state index < -0.39 is 17.7 Å². The molecular formula is C30H34N4O5. The number of Topliss-reactive ketones (excluding diaryl/α,β-unsaturated/α-hetero) is 1. The lowest BCUT2D eigenvalue weighted by Gasteiger charge is -2.29. The average Bonchev–Trinajstić information content (AvgIpc) is 3.47. The lowest BCUT2D eigenvalue weighted by molar-refractivity contribution is -0.140. The van der Waals surface area contributed by atoms with Crippen LogP contribution in [0.5, 0.6) is 5.75 Å². The molecule has 3 aromatic rings. The highest BCUT2D eigenvalue weighted by Gasteiger charge is 2.46. The third-order valence-corrected chi connectivity index (χ3v) is 7.27. The number of carbonyl (C=O) groups is 2. The van der Waals surface area contributed by atoms with Crippen molar-refractivity contribution in [3.05, 3.63) is 83.2 Å². The van der Waals surface area contributed by atoms with Crippen LogP contribution in [-0.4, -0.2) is 82.4 Å². The van der Waals surface area contributed by atoms with Gasteiger partial charge in [0, 0.05) is 26.2 Å². The number of ether oxygens (including phenoxy) is 2. The second kappa shape index (κ2) is 11.8. The van der Waals surface area contributed by atoms with Crippen molar-refractivity contribution in [3.8, 4) is 11.4 Å². The van der Waals surface area contributed by atoms with Crippen LogP contribution in [-0.2, 0) is 14.3 Å². The number of morpholine rings is 1. The van der Waals surface area contributed by atoms with Crippen molar-refractivity contribution in [2.45, 2.75) is 26.3 Å². The molecule has 0 aliphatic carbocycles. The van der Waals surface area contributed by atoms with Gasteiger partial charge in [-0.2, -0.15) is 5.10 Å². The summed E-state index contributed by atoms with van der Waals surface area (Å²) in [6.45, 7) is 8.49. The molecule has 0 spiro atoms. The first-order valence-electron chi connectivity index (χ1n) is 13.4. The maximum absolute atomic E-state index is 13.5. The molecule has 3 heterocycles. The van der Waals surface area contributed by atoms with Crippen LogP contribution in [0.15, 0.2) is 66.4 Å². The largest absolute Gasteiger partial charge is 0.507 e. The number of likely N-dealkylation sites (tertiary alicyclic amines) is 1. The van der Waals surface area contributed by atoms with E-state index in [1.54, 1.807) is 9.58 Å². The zero-order valence-electron chi connectivity index (χ0n) is 22.4. The van der Waals surface area contributed by atoms with Gasteiger partial charge in [-0.05, 0) is 50.1 Å². The van der Waals surface area contributed by atoms with E-state index in [1.807, 2.05) is 68.4 Å². The van der Waals surface area contributed by atoms with Gasteiger partial charge in [-0.25, -0.2) is 4.68 Å². The van der Waals surface area contributed by atoms with Crippen molar-refractivity contribution in [2.24, 2.45) is 0 Å². The van der Waals surface area contributed by atoms with Crippen LogP contribution in [0.4, 0.5) is 0 Å². The Hall–Kier alpha value is -3.95. The van der Waals surface area contributed by atoms with E-state index in [2.05, 4.69) is 10.00 Å². The van der Waals surface area contributed by atoms with Crippen molar-refractivity contribution in [1.29, 1.82) is 0 Å². The molecule has 9 heteroatoms. The van der Waals surface area contributed by atoms with Crippen LogP contribution in [0.3, 0.4) is 0 Å². The molecule has 0 bridgehead atoms. The molecule has 9 nitrogen and oxygen atoms in total. The second-order valence-electron chi connectivity index (χ2n) is 9.70. The second-order valence-corrected chi connectivity index (χ2v) is 9.70. The number of hydrogen-bond donors (Lipinski definition) is 1. The number of benzene rings is 2. The first-order chi connectivity index (χ1) is 19.0. The predicted molar refractivity (Wildman–Crippen MR) is 147 cm³/mol. The molecule has 1 unspecified atom stereocenters. The molecule has 1 atom stereocenters. The summed E-state index contributed by atoms with van der Waals surface area (Å²) in [5.41, 5.74) is 2.69. The summed E-state index contributed by atoms with van der Waals surface area (Å²) >= 11 is 0. The summed E-state index contributed by atoms with van der Waals surface area (Å²) in [5, 5.41) is 16.0. The van der Waals surface area contributed by atoms with Gasteiger partial charge < -0.3 is 19.5 Å². The Morgan fingerprint density at radius 3 is 2.59 bits per heavy atom. The van der Waals surface area contributed by atoms with Crippen LogP contribution in [0.2, 0.25) is 0 Å². The summed E-state index contributed by atoms with van der Waals surface area (Å²) in [6.07, 6.45) is 2.23. The highest BCUT2D eigenvalue weighted by molar-refractivity contribution is 6.46. The number of rotatable bonds is 9. The fourth-order valence-corrected chi connectivity index (χ4v) is 5.30. The number of aliphatic hydroxyl groups is 1. The molecule has 2 saturated heterocycles. The Labute approximate surface area is 228 Å². The highest BCUT2D eigenvalue weighted by atomic mass is 16.5.